The van der Waals surface area contributed by atoms with Crippen LogP contribution < -0.4 is 9.64 Å². The molecule has 2 atom stereocenters. The Bertz CT molecular complexity index is 980. The number of amides is 1. The average molecular weight is 417 g/mol. The topological polar surface area (TPSA) is 66.9 Å². The fraction of sp³-hybridized carbons (Fsp3) is 0.409. The molecule has 0 N–H and O–H groups in total. The Morgan fingerprint density at radius 1 is 1.07 bits per heavy atom. The Hall–Kier alpha value is -2.38. The molecule has 0 spiro atoms. The molecule has 0 aromatic heterocycles. The fourth-order valence-electron chi connectivity index (χ4n) is 3.95. The second kappa shape index (κ2) is 8.55. The number of ether oxygens (including phenoxy) is 1. The van der Waals surface area contributed by atoms with Gasteiger partial charge >= 0.3 is 0 Å². The van der Waals surface area contributed by atoms with Gasteiger partial charge in [0.05, 0.1) is 17.7 Å². The van der Waals surface area contributed by atoms with E-state index < -0.39 is 10.0 Å². The van der Waals surface area contributed by atoms with Crippen molar-refractivity contribution in [3.8, 4) is 5.75 Å². The maximum Gasteiger partial charge on any atom is 0.258 e. The van der Waals surface area contributed by atoms with Crippen LogP contribution in [0.2, 0.25) is 0 Å². The third-order valence-electron chi connectivity index (χ3n) is 5.31. The molecule has 0 bridgehead atoms. The molecular formula is C22H28N2O4S. The van der Waals surface area contributed by atoms with Crippen molar-refractivity contribution in [3.63, 3.8) is 0 Å². The number of rotatable bonds is 5. The average Bonchev–Trinajstić information content (AvgIpc) is 2.72. The standard InChI is InChI=1S/C22H28N2O4S/c1-16-12-17(2)15-24(14-16)29(26,27)19-9-7-8-18(13-19)22(25)23(3)20-10-5-6-11-21(20)28-4/h5-11,13,16-17H,12,14-15H2,1-4H3. The minimum atomic E-state index is -3.65. The molecule has 1 amide bonds. The lowest BCUT2D eigenvalue weighted by atomic mass is 9.94. The Morgan fingerprint density at radius 2 is 1.72 bits per heavy atom. The number of nitrogens with zero attached hydrogens (tertiary/aromatic N) is 2. The number of piperidine rings is 1. The first kappa shape index (κ1) is 21.3. The molecular weight excluding hydrogens is 388 g/mol. The maximum absolute atomic E-state index is 13.2. The molecule has 1 saturated heterocycles. The summed E-state index contributed by atoms with van der Waals surface area (Å²) in [4.78, 5) is 14.7. The van der Waals surface area contributed by atoms with Gasteiger partial charge in [0.15, 0.2) is 0 Å². The van der Waals surface area contributed by atoms with Gasteiger partial charge in [-0.3, -0.25) is 4.79 Å². The van der Waals surface area contributed by atoms with Gasteiger partial charge in [0.25, 0.3) is 5.91 Å². The molecule has 7 heteroatoms. The van der Waals surface area contributed by atoms with Crippen molar-refractivity contribution in [1.29, 1.82) is 0 Å². The number of carbonyl (C=O) groups excluding carboxylic acids is 1. The lowest BCUT2D eigenvalue weighted by Crippen LogP contribution is -2.42. The van der Waals surface area contributed by atoms with Crippen molar-refractivity contribution in [2.75, 3.05) is 32.1 Å². The number of methoxy groups -OCH3 is 1. The smallest absolute Gasteiger partial charge is 0.258 e. The zero-order valence-corrected chi connectivity index (χ0v) is 18.1. The molecule has 1 aliphatic heterocycles. The van der Waals surface area contributed by atoms with Crippen LogP contribution in [-0.4, -0.2) is 45.9 Å². The Labute approximate surface area is 173 Å². The molecule has 1 fully saturated rings. The van der Waals surface area contributed by atoms with Crippen LogP contribution in [0, 0.1) is 11.8 Å². The largest absolute Gasteiger partial charge is 0.495 e. The summed E-state index contributed by atoms with van der Waals surface area (Å²) in [6.07, 6.45) is 1.02. The molecule has 156 valence electrons. The van der Waals surface area contributed by atoms with Crippen molar-refractivity contribution in [2.24, 2.45) is 11.8 Å². The number of sulfonamides is 1. The van der Waals surface area contributed by atoms with Crippen LogP contribution in [0.1, 0.15) is 30.6 Å². The Morgan fingerprint density at radius 3 is 2.38 bits per heavy atom. The Kier molecular flexibility index (Phi) is 6.29. The van der Waals surface area contributed by atoms with E-state index in [0.717, 1.165) is 6.42 Å². The summed E-state index contributed by atoms with van der Waals surface area (Å²) in [5.74, 6) is 0.903. The highest BCUT2D eigenvalue weighted by molar-refractivity contribution is 7.89. The van der Waals surface area contributed by atoms with Crippen LogP contribution in [0.3, 0.4) is 0 Å². The molecule has 1 heterocycles. The maximum atomic E-state index is 13.2. The van der Waals surface area contributed by atoms with Crippen molar-refractivity contribution in [1.82, 2.24) is 4.31 Å². The number of carbonyl (C=O) groups is 1. The summed E-state index contributed by atoms with van der Waals surface area (Å²) < 4.78 is 33.2. The highest BCUT2D eigenvalue weighted by Gasteiger charge is 2.32. The summed E-state index contributed by atoms with van der Waals surface area (Å²) in [7, 11) is -0.454. The molecule has 0 aliphatic carbocycles. The third-order valence-corrected chi connectivity index (χ3v) is 7.13. The van der Waals surface area contributed by atoms with Gasteiger partial charge in [-0.25, -0.2) is 8.42 Å². The number of hydrogen-bond donors (Lipinski definition) is 0. The van der Waals surface area contributed by atoms with Crippen molar-refractivity contribution < 1.29 is 17.9 Å². The summed E-state index contributed by atoms with van der Waals surface area (Å²) in [5.41, 5.74) is 0.935. The van der Waals surface area contributed by atoms with Gasteiger partial charge in [-0.2, -0.15) is 4.31 Å². The summed E-state index contributed by atoms with van der Waals surface area (Å²) >= 11 is 0. The van der Waals surface area contributed by atoms with Gasteiger partial charge in [0.1, 0.15) is 5.75 Å². The molecule has 0 saturated carbocycles. The predicted molar refractivity (Wildman–Crippen MR) is 114 cm³/mol. The zero-order chi connectivity index (χ0) is 21.2. The second-order valence-electron chi connectivity index (χ2n) is 7.83. The van der Waals surface area contributed by atoms with Crippen LogP contribution in [0.5, 0.6) is 5.75 Å². The van der Waals surface area contributed by atoms with E-state index in [2.05, 4.69) is 13.8 Å². The van der Waals surface area contributed by atoms with Crippen LogP contribution in [0.15, 0.2) is 53.4 Å². The molecule has 0 radical (unpaired) electrons. The van der Waals surface area contributed by atoms with E-state index in [4.69, 9.17) is 4.74 Å². The van der Waals surface area contributed by atoms with Crippen molar-refractivity contribution >= 4 is 21.6 Å². The fourth-order valence-corrected chi connectivity index (χ4v) is 5.68. The molecule has 2 aromatic carbocycles. The number of anilines is 1. The molecule has 3 rings (SSSR count). The Balaban J connectivity index is 1.90. The first-order chi connectivity index (χ1) is 13.7. The molecule has 6 nitrogen and oxygen atoms in total. The monoisotopic (exact) mass is 416 g/mol. The first-order valence-electron chi connectivity index (χ1n) is 9.75. The zero-order valence-electron chi connectivity index (χ0n) is 17.3. The highest BCUT2D eigenvalue weighted by Crippen LogP contribution is 2.29. The van der Waals surface area contributed by atoms with E-state index in [9.17, 15) is 13.2 Å². The van der Waals surface area contributed by atoms with Crippen molar-refractivity contribution in [3.05, 3.63) is 54.1 Å². The lowest BCUT2D eigenvalue weighted by Gasteiger charge is -2.34. The summed E-state index contributed by atoms with van der Waals surface area (Å²) in [6.45, 7) is 5.15. The van der Waals surface area contributed by atoms with Gasteiger partial charge in [-0.05, 0) is 48.6 Å². The third kappa shape index (κ3) is 4.46. The van der Waals surface area contributed by atoms with E-state index in [1.807, 2.05) is 12.1 Å². The summed E-state index contributed by atoms with van der Waals surface area (Å²) in [6, 6.07) is 13.5. The van der Waals surface area contributed by atoms with E-state index in [1.54, 1.807) is 48.8 Å². The molecule has 1 aliphatic rings. The lowest BCUT2D eigenvalue weighted by molar-refractivity contribution is 0.0992. The quantitative estimate of drug-likeness (QED) is 0.746. The van der Waals surface area contributed by atoms with Crippen LogP contribution >= 0.6 is 0 Å². The van der Waals surface area contributed by atoms with Gasteiger partial charge < -0.3 is 9.64 Å². The van der Waals surface area contributed by atoms with Crippen LogP contribution in [-0.2, 0) is 10.0 Å². The van der Waals surface area contributed by atoms with Gasteiger partial charge in [-0.1, -0.05) is 32.0 Å². The van der Waals surface area contributed by atoms with Gasteiger partial charge in [0, 0.05) is 25.7 Å². The molecule has 2 unspecified atom stereocenters. The van der Waals surface area contributed by atoms with E-state index >= 15 is 0 Å². The van der Waals surface area contributed by atoms with Crippen LogP contribution in [0.4, 0.5) is 5.69 Å². The van der Waals surface area contributed by atoms with Crippen molar-refractivity contribution in [2.45, 2.75) is 25.2 Å². The predicted octanol–water partition coefficient (Wildman–Crippen LogP) is 3.64. The van der Waals surface area contributed by atoms with E-state index in [1.165, 1.54) is 11.0 Å². The normalized spacial score (nSPS) is 20.3. The molecule has 29 heavy (non-hydrogen) atoms. The number of para-hydroxylation sites is 2. The molecule has 2 aromatic rings. The highest BCUT2D eigenvalue weighted by atomic mass is 32.2. The number of hydrogen-bond acceptors (Lipinski definition) is 4. The second-order valence-corrected chi connectivity index (χ2v) is 9.77. The minimum absolute atomic E-state index is 0.151. The summed E-state index contributed by atoms with van der Waals surface area (Å²) in [5, 5.41) is 0. The minimum Gasteiger partial charge on any atom is -0.495 e. The van der Waals surface area contributed by atoms with E-state index in [-0.39, 0.29) is 10.8 Å². The van der Waals surface area contributed by atoms with E-state index in [0.29, 0.717) is 41.9 Å². The van der Waals surface area contributed by atoms with Crippen LogP contribution in [0.25, 0.3) is 0 Å². The number of benzene rings is 2. The first-order valence-corrected chi connectivity index (χ1v) is 11.2. The SMILES string of the molecule is COc1ccccc1N(C)C(=O)c1cccc(S(=O)(=O)N2CC(C)CC(C)C2)c1. The van der Waals surface area contributed by atoms with Gasteiger partial charge in [-0.15, -0.1) is 0 Å². The van der Waals surface area contributed by atoms with Gasteiger partial charge in [0.2, 0.25) is 10.0 Å².